The molecule has 2 rings (SSSR count). The summed E-state index contributed by atoms with van der Waals surface area (Å²) in [5, 5.41) is 18.8. The molecule has 0 aliphatic heterocycles. The average molecular weight is 258 g/mol. The van der Waals surface area contributed by atoms with Gasteiger partial charge in [0.05, 0.1) is 12.7 Å². The molecule has 2 aromatic rings. The normalized spacial score (nSPS) is 10.2. The van der Waals surface area contributed by atoms with Crippen LogP contribution < -0.4 is 4.74 Å². The SMILES string of the molecule is COc1cccc(-c2c(C)cc(O)cc2C(=O)O)c1. The number of hydrogen-bond donors (Lipinski definition) is 2. The quantitative estimate of drug-likeness (QED) is 0.887. The van der Waals surface area contributed by atoms with Gasteiger partial charge in [-0.05, 0) is 47.9 Å². The van der Waals surface area contributed by atoms with Gasteiger partial charge in [-0.15, -0.1) is 0 Å². The standard InChI is InChI=1S/C15H14O4/c1-9-6-11(16)8-13(15(17)18)14(9)10-4-3-5-12(7-10)19-2/h3-8,16H,1-2H3,(H,17,18). The van der Waals surface area contributed by atoms with Crippen molar-refractivity contribution >= 4 is 5.97 Å². The van der Waals surface area contributed by atoms with Crippen LogP contribution in [-0.2, 0) is 0 Å². The third-order valence-electron chi connectivity index (χ3n) is 2.91. The van der Waals surface area contributed by atoms with Gasteiger partial charge in [0.2, 0.25) is 0 Å². The van der Waals surface area contributed by atoms with Crippen LogP contribution in [0.4, 0.5) is 0 Å². The number of phenols is 1. The van der Waals surface area contributed by atoms with Crippen LogP contribution in [0.1, 0.15) is 15.9 Å². The number of phenolic OH excluding ortho intramolecular Hbond substituents is 1. The van der Waals surface area contributed by atoms with Crippen molar-refractivity contribution in [3.05, 3.63) is 47.5 Å². The molecule has 0 radical (unpaired) electrons. The maximum atomic E-state index is 11.3. The predicted molar refractivity (Wildman–Crippen MR) is 71.8 cm³/mol. The number of hydrogen-bond acceptors (Lipinski definition) is 3. The summed E-state index contributed by atoms with van der Waals surface area (Å²) in [6.07, 6.45) is 0. The lowest BCUT2D eigenvalue weighted by Crippen LogP contribution is -2.01. The number of aromatic carboxylic acids is 1. The van der Waals surface area contributed by atoms with E-state index in [1.807, 2.05) is 6.07 Å². The van der Waals surface area contributed by atoms with E-state index in [0.717, 1.165) is 5.56 Å². The first-order valence-corrected chi connectivity index (χ1v) is 5.74. The molecule has 0 amide bonds. The molecule has 0 saturated heterocycles. The molecule has 0 saturated carbocycles. The van der Waals surface area contributed by atoms with Crippen LogP contribution in [0.2, 0.25) is 0 Å². The lowest BCUT2D eigenvalue weighted by atomic mass is 9.94. The summed E-state index contributed by atoms with van der Waals surface area (Å²) in [5.41, 5.74) is 2.11. The predicted octanol–water partition coefficient (Wildman–Crippen LogP) is 3.07. The molecule has 0 fully saturated rings. The van der Waals surface area contributed by atoms with E-state index in [-0.39, 0.29) is 11.3 Å². The van der Waals surface area contributed by atoms with Gasteiger partial charge in [0, 0.05) is 0 Å². The molecular formula is C15H14O4. The van der Waals surface area contributed by atoms with E-state index in [1.165, 1.54) is 6.07 Å². The largest absolute Gasteiger partial charge is 0.508 e. The van der Waals surface area contributed by atoms with Gasteiger partial charge in [0.1, 0.15) is 11.5 Å². The smallest absolute Gasteiger partial charge is 0.336 e. The van der Waals surface area contributed by atoms with Crippen molar-refractivity contribution < 1.29 is 19.7 Å². The highest BCUT2D eigenvalue weighted by atomic mass is 16.5. The van der Waals surface area contributed by atoms with E-state index in [2.05, 4.69) is 0 Å². The molecule has 19 heavy (non-hydrogen) atoms. The van der Waals surface area contributed by atoms with E-state index in [4.69, 9.17) is 4.74 Å². The summed E-state index contributed by atoms with van der Waals surface area (Å²) in [6, 6.07) is 9.97. The Morgan fingerprint density at radius 2 is 1.95 bits per heavy atom. The average Bonchev–Trinajstić information content (AvgIpc) is 2.37. The van der Waals surface area contributed by atoms with Crippen LogP contribution in [0, 0.1) is 6.92 Å². The minimum Gasteiger partial charge on any atom is -0.508 e. The van der Waals surface area contributed by atoms with Gasteiger partial charge in [-0.25, -0.2) is 4.79 Å². The molecule has 0 spiro atoms. The van der Waals surface area contributed by atoms with Crippen LogP contribution in [0.25, 0.3) is 11.1 Å². The van der Waals surface area contributed by atoms with Crippen LogP contribution >= 0.6 is 0 Å². The number of aromatic hydroxyl groups is 1. The highest BCUT2D eigenvalue weighted by Crippen LogP contribution is 2.32. The highest BCUT2D eigenvalue weighted by Gasteiger charge is 2.16. The summed E-state index contributed by atoms with van der Waals surface area (Å²) in [5.74, 6) is -0.473. The van der Waals surface area contributed by atoms with Crippen molar-refractivity contribution in [3.63, 3.8) is 0 Å². The second-order valence-electron chi connectivity index (χ2n) is 4.22. The van der Waals surface area contributed by atoms with Gasteiger partial charge < -0.3 is 14.9 Å². The molecule has 4 nitrogen and oxygen atoms in total. The minimum absolute atomic E-state index is 0.0541. The van der Waals surface area contributed by atoms with Gasteiger partial charge in [-0.1, -0.05) is 12.1 Å². The minimum atomic E-state index is -1.07. The van der Waals surface area contributed by atoms with Crippen LogP contribution in [-0.4, -0.2) is 23.3 Å². The van der Waals surface area contributed by atoms with Crippen molar-refractivity contribution in [2.75, 3.05) is 7.11 Å². The Balaban J connectivity index is 2.69. The highest BCUT2D eigenvalue weighted by molar-refractivity contribution is 5.97. The maximum absolute atomic E-state index is 11.3. The van der Waals surface area contributed by atoms with E-state index in [1.54, 1.807) is 38.3 Å². The third kappa shape index (κ3) is 2.52. The monoisotopic (exact) mass is 258 g/mol. The van der Waals surface area contributed by atoms with E-state index < -0.39 is 5.97 Å². The van der Waals surface area contributed by atoms with E-state index >= 15 is 0 Å². The lowest BCUT2D eigenvalue weighted by Gasteiger charge is -2.12. The molecule has 0 atom stereocenters. The summed E-state index contributed by atoms with van der Waals surface area (Å²) in [6.45, 7) is 1.76. The van der Waals surface area contributed by atoms with Gasteiger partial charge in [-0.2, -0.15) is 0 Å². The van der Waals surface area contributed by atoms with Crippen LogP contribution in [0.15, 0.2) is 36.4 Å². The number of benzene rings is 2. The van der Waals surface area contributed by atoms with Gasteiger partial charge >= 0.3 is 5.97 Å². The number of carboxylic acid groups (broad SMARTS) is 1. The molecule has 4 heteroatoms. The fraction of sp³-hybridized carbons (Fsp3) is 0.133. The summed E-state index contributed by atoms with van der Waals surface area (Å²) < 4.78 is 5.14. The van der Waals surface area contributed by atoms with Crippen molar-refractivity contribution in [3.8, 4) is 22.6 Å². The van der Waals surface area contributed by atoms with E-state index in [9.17, 15) is 15.0 Å². The molecule has 0 aliphatic rings. The Morgan fingerprint density at radius 3 is 2.58 bits per heavy atom. The number of methoxy groups -OCH3 is 1. The Hall–Kier alpha value is -2.49. The topological polar surface area (TPSA) is 66.8 Å². The zero-order valence-corrected chi connectivity index (χ0v) is 10.7. The number of carboxylic acids is 1. The Bertz CT molecular complexity index is 632. The van der Waals surface area contributed by atoms with Gasteiger partial charge in [0.25, 0.3) is 0 Å². The zero-order chi connectivity index (χ0) is 14.0. The molecule has 2 N–H and O–H groups in total. The lowest BCUT2D eigenvalue weighted by molar-refractivity contribution is 0.0697. The third-order valence-corrected chi connectivity index (χ3v) is 2.91. The van der Waals surface area contributed by atoms with Crippen LogP contribution in [0.3, 0.4) is 0 Å². The van der Waals surface area contributed by atoms with E-state index in [0.29, 0.717) is 16.9 Å². The summed E-state index contributed by atoms with van der Waals surface area (Å²) >= 11 is 0. The fourth-order valence-corrected chi connectivity index (χ4v) is 2.10. The van der Waals surface area contributed by atoms with Crippen molar-refractivity contribution in [2.24, 2.45) is 0 Å². The second kappa shape index (κ2) is 5.02. The Morgan fingerprint density at radius 1 is 1.21 bits per heavy atom. The van der Waals surface area contributed by atoms with Gasteiger partial charge in [0.15, 0.2) is 0 Å². The summed E-state index contributed by atoms with van der Waals surface area (Å²) in [7, 11) is 1.56. The molecule has 0 heterocycles. The summed E-state index contributed by atoms with van der Waals surface area (Å²) in [4.78, 5) is 11.3. The Kier molecular flexibility index (Phi) is 3.42. The Labute approximate surface area is 110 Å². The van der Waals surface area contributed by atoms with Crippen LogP contribution in [0.5, 0.6) is 11.5 Å². The molecule has 0 bridgehead atoms. The molecule has 0 unspecified atom stereocenters. The molecule has 0 aromatic heterocycles. The number of aryl methyl sites for hydroxylation is 1. The zero-order valence-electron chi connectivity index (χ0n) is 10.7. The molecular weight excluding hydrogens is 244 g/mol. The fourth-order valence-electron chi connectivity index (χ4n) is 2.10. The first-order valence-electron chi connectivity index (χ1n) is 5.74. The number of ether oxygens (including phenoxy) is 1. The second-order valence-corrected chi connectivity index (χ2v) is 4.22. The number of carbonyl (C=O) groups is 1. The first-order chi connectivity index (χ1) is 9.02. The number of rotatable bonds is 3. The van der Waals surface area contributed by atoms with Crippen molar-refractivity contribution in [1.29, 1.82) is 0 Å². The molecule has 98 valence electrons. The van der Waals surface area contributed by atoms with Gasteiger partial charge in [-0.3, -0.25) is 0 Å². The maximum Gasteiger partial charge on any atom is 0.336 e. The molecule has 0 aliphatic carbocycles. The molecule has 2 aromatic carbocycles. The van der Waals surface area contributed by atoms with Crippen molar-refractivity contribution in [1.82, 2.24) is 0 Å². The first kappa shape index (κ1) is 13.0. The van der Waals surface area contributed by atoms with Crippen molar-refractivity contribution in [2.45, 2.75) is 6.92 Å².